The molecule has 1 N–H and O–H groups in total. The Morgan fingerprint density at radius 3 is 2.44 bits per heavy atom. The average molecular weight is 371 g/mol. The van der Waals surface area contributed by atoms with Crippen molar-refractivity contribution < 1.29 is 23.5 Å². The third-order valence-electron chi connectivity index (χ3n) is 4.53. The summed E-state index contributed by atoms with van der Waals surface area (Å²) in [5, 5.41) is 10.4. The Bertz CT molecular complexity index is 966. The Kier molecular flexibility index (Phi) is 4.83. The van der Waals surface area contributed by atoms with Gasteiger partial charge in [0, 0.05) is 12.0 Å². The molecule has 0 saturated carbocycles. The van der Waals surface area contributed by atoms with Gasteiger partial charge in [-0.1, -0.05) is 43.7 Å². The summed E-state index contributed by atoms with van der Waals surface area (Å²) in [7, 11) is 0. The highest BCUT2D eigenvalue weighted by atomic mass is 19.1. The van der Waals surface area contributed by atoms with Crippen LogP contribution in [0.15, 0.2) is 53.8 Å². The molecule has 1 atom stereocenters. The molecule has 0 bridgehead atoms. The first-order chi connectivity index (χ1) is 12.7. The van der Waals surface area contributed by atoms with Crippen molar-refractivity contribution in [1.82, 2.24) is 0 Å². The van der Waals surface area contributed by atoms with Crippen molar-refractivity contribution in [1.29, 1.82) is 0 Å². The molecule has 0 spiro atoms. The fourth-order valence-electron chi connectivity index (χ4n) is 3.25. The minimum absolute atomic E-state index is 0.0793. The Morgan fingerprint density at radius 1 is 1.15 bits per heavy atom. The Hall–Kier alpha value is -3.02. The molecule has 0 aromatic heterocycles. The number of amides is 1. The molecule has 1 unspecified atom stereocenters. The number of aryl methyl sites for hydroxylation is 1. The molecule has 0 fully saturated rings. The minimum atomic E-state index is -0.993. The zero-order chi connectivity index (χ0) is 19.9. The van der Waals surface area contributed by atoms with Crippen LogP contribution >= 0.6 is 0 Å². The standard InChI is InChI=1S/C21H19F2NO3/c1-11(2)19(25)17-18(13-6-4-5-12(3)9-13)24(21(27)20(17)26)16-8-7-14(22)10-15(16)23/h4-11,18,26H,1-3H3. The van der Waals surface area contributed by atoms with Gasteiger partial charge in [-0.15, -0.1) is 0 Å². The average Bonchev–Trinajstić information content (AvgIpc) is 2.86. The molecular weight excluding hydrogens is 352 g/mol. The first-order valence-corrected chi connectivity index (χ1v) is 8.55. The van der Waals surface area contributed by atoms with Gasteiger partial charge in [-0.25, -0.2) is 8.78 Å². The number of anilines is 1. The highest BCUT2D eigenvalue weighted by Crippen LogP contribution is 2.42. The van der Waals surface area contributed by atoms with Gasteiger partial charge in [-0.05, 0) is 24.6 Å². The van der Waals surface area contributed by atoms with E-state index in [1.807, 2.05) is 13.0 Å². The molecule has 1 heterocycles. The number of halogens is 2. The summed E-state index contributed by atoms with van der Waals surface area (Å²) in [6.45, 7) is 5.15. The van der Waals surface area contributed by atoms with Crippen molar-refractivity contribution >= 4 is 17.4 Å². The fourth-order valence-corrected chi connectivity index (χ4v) is 3.25. The van der Waals surface area contributed by atoms with Crippen LogP contribution in [0, 0.1) is 24.5 Å². The van der Waals surface area contributed by atoms with Crippen LogP contribution in [0.2, 0.25) is 0 Å². The van der Waals surface area contributed by atoms with Crippen molar-refractivity contribution in [2.45, 2.75) is 26.8 Å². The van der Waals surface area contributed by atoms with Crippen molar-refractivity contribution in [2.24, 2.45) is 5.92 Å². The number of carbonyl (C=O) groups is 2. The number of Topliss-reactive ketones (excluding diaryl/α,β-unsaturated/α-hetero) is 1. The lowest BCUT2D eigenvalue weighted by Crippen LogP contribution is -2.32. The van der Waals surface area contributed by atoms with Gasteiger partial charge >= 0.3 is 0 Å². The second-order valence-corrected chi connectivity index (χ2v) is 6.87. The Balaban J connectivity index is 2.23. The summed E-state index contributed by atoms with van der Waals surface area (Å²) in [5.41, 5.74) is 1.15. The molecule has 2 aromatic carbocycles. The van der Waals surface area contributed by atoms with E-state index in [1.165, 1.54) is 0 Å². The second-order valence-electron chi connectivity index (χ2n) is 6.87. The lowest BCUT2D eigenvalue weighted by atomic mass is 9.90. The molecule has 6 heteroatoms. The van der Waals surface area contributed by atoms with Crippen LogP contribution in [0.5, 0.6) is 0 Å². The molecule has 2 aromatic rings. The van der Waals surface area contributed by atoms with Crippen LogP contribution in [0.25, 0.3) is 0 Å². The zero-order valence-electron chi connectivity index (χ0n) is 15.2. The van der Waals surface area contributed by atoms with E-state index in [2.05, 4.69) is 0 Å². The molecule has 27 heavy (non-hydrogen) atoms. The van der Waals surface area contributed by atoms with Gasteiger partial charge < -0.3 is 5.11 Å². The molecular formula is C21H19F2NO3. The van der Waals surface area contributed by atoms with Gasteiger partial charge in [0.05, 0.1) is 17.3 Å². The monoisotopic (exact) mass is 371 g/mol. The maximum atomic E-state index is 14.4. The van der Waals surface area contributed by atoms with Crippen molar-refractivity contribution in [2.75, 3.05) is 4.90 Å². The normalized spacial score (nSPS) is 17.2. The van der Waals surface area contributed by atoms with E-state index in [0.29, 0.717) is 11.6 Å². The number of hydrogen-bond acceptors (Lipinski definition) is 3. The van der Waals surface area contributed by atoms with Crippen molar-refractivity contribution in [3.63, 3.8) is 0 Å². The smallest absolute Gasteiger partial charge is 0.294 e. The van der Waals surface area contributed by atoms with E-state index < -0.39 is 41.0 Å². The lowest BCUT2D eigenvalue weighted by Gasteiger charge is -2.28. The lowest BCUT2D eigenvalue weighted by molar-refractivity contribution is -0.119. The summed E-state index contributed by atoms with van der Waals surface area (Å²) < 4.78 is 27.8. The third-order valence-corrected chi connectivity index (χ3v) is 4.53. The first kappa shape index (κ1) is 18.8. The van der Waals surface area contributed by atoms with Gasteiger partial charge in [-0.3, -0.25) is 14.5 Å². The largest absolute Gasteiger partial charge is 0.503 e. The van der Waals surface area contributed by atoms with Gasteiger partial charge in [0.25, 0.3) is 5.91 Å². The number of hydrogen-bond donors (Lipinski definition) is 1. The van der Waals surface area contributed by atoms with Crippen LogP contribution in [-0.4, -0.2) is 16.8 Å². The van der Waals surface area contributed by atoms with E-state index in [4.69, 9.17) is 0 Å². The maximum Gasteiger partial charge on any atom is 0.294 e. The Labute approximate surface area is 155 Å². The molecule has 0 radical (unpaired) electrons. The molecule has 140 valence electrons. The highest BCUT2D eigenvalue weighted by Gasteiger charge is 2.45. The van der Waals surface area contributed by atoms with E-state index in [-0.39, 0.29) is 11.3 Å². The SMILES string of the molecule is Cc1cccc(C2C(C(=O)C(C)C)=C(O)C(=O)N2c2ccc(F)cc2F)c1. The van der Waals surface area contributed by atoms with Crippen LogP contribution in [-0.2, 0) is 9.59 Å². The topological polar surface area (TPSA) is 57.6 Å². The number of rotatable bonds is 4. The van der Waals surface area contributed by atoms with Gasteiger partial charge in [-0.2, -0.15) is 0 Å². The predicted molar refractivity (Wildman–Crippen MR) is 97.3 cm³/mol. The van der Waals surface area contributed by atoms with Crippen molar-refractivity contribution in [3.05, 3.63) is 76.6 Å². The van der Waals surface area contributed by atoms with E-state index in [1.54, 1.807) is 32.0 Å². The first-order valence-electron chi connectivity index (χ1n) is 8.55. The zero-order valence-corrected chi connectivity index (χ0v) is 15.2. The van der Waals surface area contributed by atoms with Gasteiger partial charge in [0.15, 0.2) is 11.5 Å². The summed E-state index contributed by atoms with van der Waals surface area (Å²) in [6, 6.07) is 8.88. The number of aliphatic hydroxyl groups excluding tert-OH is 1. The van der Waals surface area contributed by atoms with Crippen LogP contribution in [0.3, 0.4) is 0 Å². The molecule has 4 nitrogen and oxygen atoms in total. The summed E-state index contributed by atoms with van der Waals surface area (Å²) >= 11 is 0. The quantitative estimate of drug-likeness (QED) is 0.867. The van der Waals surface area contributed by atoms with E-state index >= 15 is 0 Å². The molecule has 0 aliphatic carbocycles. The molecule has 1 aliphatic heterocycles. The minimum Gasteiger partial charge on any atom is -0.503 e. The van der Waals surface area contributed by atoms with Gasteiger partial charge in [0.2, 0.25) is 0 Å². The Morgan fingerprint density at radius 2 is 1.85 bits per heavy atom. The third kappa shape index (κ3) is 3.23. The number of aliphatic hydroxyl groups is 1. The highest BCUT2D eigenvalue weighted by molar-refractivity contribution is 6.16. The maximum absolute atomic E-state index is 14.4. The van der Waals surface area contributed by atoms with E-state index in [9.17, 15) is 23.5 Å². The molecule has 0 saturated heterocycles. The molecule has 1 amide bonds. The van der Waals surface area contributed by atoms with Crippen LogP contribution in [0.1, 0.15) is 31.0 Å². The number of ketones is 1. The number of carbonyl (C=O) groups excluding carboxylic acids is 2. The fraction of sp³-hybridized carbons (Fsp3) is 0.238. The summed E-state index contributed by atoms with van der Waals surface area (Å²) in [4.78, 5) is 26.5. The van der Waals surface area contributed by atoms with E-state index in [0.717, 1.165) is 22.6 Å². The molecule has 3 rings (SSSR count). The number of nitrogens with zero attached hydrogens (tertiary/aromatic N) is 1. The second kappa shape index (κ2) is 6.95. The van der Waals surface area contributed by atoms with Crippen molar-refractivity contribution in [3.8, 4) is 0 Å². The molecule has 1 aliphatic rings. The number of benzene rings is 2. The summed E-state index contributed by atoms with van der Waals surface area (Å²) in [6.07, 6.45) is 0. The summed E-state index contributed by atoms with van der Waals surface area (Å²) in [5.74, 6) is -4.21. The van der Waals surface area contributed by atoms with Crippen LogP contribution in [0.4, 0.5) is 14.5 Å². The van der Waals surface area contributed by atoms with Gasteiger partial charge in [0.1, 0.15) is 11.6 Å². The predicted octanol–water partition coefficient (Wildman–Crippen LogP) is 4.40. The van der Waals surface area contributed by atoms with Crippen LogP contribution < -0.4 is 4.90 Å².